The van der Waals surface area contributed by atoms with Gasteiger partial charge in [-0.05, 0) is 44.0 Å². The second-order valence-electron chi connectivity index (χ2n) is 6.37. The van der Waals surface area contributed by atoms with Gasteiger partial charge in [0, 0.05) is 37.0 Å². The molecule has 1 aromatic heterocycles. The Hall–Kier alpha value is -2.41. The quantitative estimate of drug-likeness (QED) is 0.892. The van der Waals surface area contributed by atoms with Gasteiger partial charge in [-0.15, -0.1) is 0 Å². The summed E-state index contributed by atoms with van der Waals surface area (Å²) in [6.45, 7) is 2.78. The van der Waals surface area contributed by atoms with Crippen molar-refractivity contribution in [3.05, 3.63) is 30.2 Å². The van der Waals surface area contributed by atoms with Gasteiger partial charge < -0.3 is 19.9 Å². The zero-order chi connectivity index (χ0) is 17.8. The molecule has 0 radical (unpaired) electrons. The lowest BCUT2D eigenvalue weighted by molar-refractivity contribution is -0.134. The van der Waals surface area contributed by atoms with Crippen molar-refractivity contribution in [3.8, 4) is 17.1 Å². The Morgan fingerprint density at radius 2 is 2.16 bits per heavy atom. The Bertz CT molecular complexity index is 713. The monoisotopic (exact) mass is 344 g/mol. The van der Waals surface area contributed by atoms with E-state index in [4.69, 9.17) is 15.0 Å². The molecule has 1 aliphatic rings. The van der Waals surface area contributed by atoms with E-state index in [9.17, 15) is 4.79 Å². The number of aromatic nitrogens is 2. The van der Waals surface area contributed by atoms with E-state index < -0.39 is 0 Å². The maximum atomic E-state index is 12.4. The molecule has 7 heteroatoms. The fourth-order valence-corrected chi connectivity index (χ4v) is 3.10. The number of methoxy groups -OCH3 is 1. The highest BCUT2D eigenvalue weighted by Crippen LogP contribution is 2.21. The SMILES string of the molecule is COc1ccc(-c2noc(CCC(=O)N3CCC[C@@H](N)[C@H]3C)n2)cc1. The molecule has 7 nitrogen and oxygen atoms in total. The van der Waals surface area contributed by atoms with Gasteiger partial charge in [-0.25, -0.2) is 0 Å². The van der Waals surface area contributed by atoms with Crippen molar-refractivity contribution < 1.29 is 14.1 Å². The van der Waals surface area contributed by atoms with Crippen molar-refractivity contribution in [2.75, 3.05) is 13.7 Å². The first-order valence-electron chi connectivity index (χ1n) is 8.60. The molecule has 0 spiro atoms. The highest BCUT2D eigenvalue weighted by atomic mass is 16.5. The Labute approximate surface area is 147 Å². The molecule has 134 valence electrons. The Balaban J connectivity index is 1.58. The number of carbonyl (C=O) groups is 1. The van der Waals surface area contributed by atoms with Crippen molar-refractivity contribution in [3.63, 3.8) is 0 Å². The lowest BCUT2D eigenvalue weighted by Gasteiger charge is -2.37. The molecule has 25 heavy (non-hydrogen) atoms. The van der Waals surface area contributed by atoms with Crippen molar-refractivity contribution >= 4 is 5.91 Å². The third kappa shape index (κ3) is 3.99. The van der Waals surface area contributed by atoms with Crippen LogP contribution in [0.2, 0.25) is 0 Å². The number of likely N-dealkylation sites (tertiary alicyclic amines) is 1. The summed E-state index contributed by atoms with van der Waals surface area (Å²) in [7, 11) is 1.62. The maximum absolute atomic E-state index is 12.4. The van der Waals surface area contributed by atoms with Crippen molar-refractivity contribution in [2.45, 2.75) is 44.7 Å². The highest BCUT2D eigenvalue weighted by molar-refractivity contribution is 5.76. The standard InChI is InChI=1S/C18H24N4O3/c1-12-15(19)4-3-11-22(12)17(23)10-9-16-20-18(21-25-16)13-5-7-14(24-2)8-6-13/h5-8,12,15H,3-4,9-11,19H2,1-2H3/t12-,15-/m1/s1. The largest absolute Gasteiger partial charge is 0.497 e. The zero-order valence-electron chi connectivity index (χ0n) is 14.6. The number of aryl methyl sites for hydroxylation is 1. The summed E-state index contributed by atoms with van der Waals surface area (Å²) >= 11 is 0. The van der Waals surface area contributed by atoms with Crippen molar-refractivity contribution in [2.24, 2.45) is 5.73 Å². The van der Waals surface area contributed by atoms with E-state index in [1.165, 1.54) is 0 Å². The van der Waals surface area contributed by atoms with Crippen LogP contribution < -0.4 is 10.5 Å². The summed E-state index contributed by atoms with van der Waals surface area (Å²) in [4.78, 5) is 18.7. The van der Waals surface area contributed by atoms with Gasteiger partial charge in [-0.1, -0.05) is 5.16 Å². The number of amides is 1. The van der Waals surface area contributed by atoms with Crippen LogP contribution in [0.15, 0.2) is 28.8 Å². The van der Waals surface area contributed by atoms with Crippen LogP contribution in [0, 0.1) is 0 Å². The molecule has 1 aliphatic heterocycles. The van der Waals surface area contributed by atoms with Gasteiger partial charge in [0.15, 0.2) is 0 Å². The van der Waals surface area contributed by atoms with E-state index in [1.807, 2.05) is 36.1 Å². The number of nitrogens with two attached hydrogens (primary N) is 1. The Morgan fingerprint density at radius 3 is 2.88 bits per heavy atom. The fraction of sp³-hybridized carbons (Fsp3) is 0.500. The van der Waals surface area contributed by atoms with Crippen LogP contribution in [0.4, 0.5) is 0 Å². The van der Waals surface area contributed by atoms with E-state index in [1.54, 1.807) is 7.11 Å². The van der Waals surface area contributed by atoms with Gasteiger partial charge in [-0.3, -0.25) is 4.79 Å². The summed E-state index contributed by atoms with van der Waals surface area (Å²) in [6, 6.07) is 7.57. The maximum Gasteiger partial charge on any atom is 0.227 e. The number of hydrogen-bond acceptors (Lipinski definition) is 6. The molecule has 0 saturated carbocycles. The van der Waals surface area contributed by atoms with E-state index in [0.29, 0.717) is 24.6 Å². The number of carbonyl (C=O) groups excluding carboxylic acids is 1. The summed E-state index contributed by atoms with van der Waals surface area (Å²) in [5.41, 5.74) is 6.90. The normalized spacial score (nSPS) is 20.5. The van der Waals surface area contributed by atoms with Crippen LogP contribution in [-0.2, 0) is 11.2 Å². The second kappa shape index (κ2) is 7.65. The minimum atomic E-state index is 0.0581. The number of ether oxygens (including phenoxy) is 1. The highest BCUT2D eigenvalue weighted by Gasteiger charge is 2.28. The first kappa shape index (κ1) is 17.4. The number of piperidine rings is 1. The van der Waals surface area contributed by atoms with Crippen LogP contribution in [0.5, 0.6) is 5.75 Å². The summed E-state index contributed by atoms with van der Waals surface area (Å²) in [6.07, 6.45) is 2.71. The number of nitrogens with zero attached hydrogens (tertiary/aromatic N) is 3. The molecule has 3 rings (SSSR count). The van der Waals surface area contributed by atoms with Gasteiger partial charge in [0.2, 0.25) is 17.6 Å². The first-order valence-corrected chi connectivity index (χ1v) is 8.60. The first-order chi connectivity index (χ1) is 12.1. The molecule has 1 aromatic carbocycles. The van der Waals surface area contributed by atoms with Gasteiger partial charge in [0.05, 0.1) is 7.11 Å². The molecule has 0 aliphatic carbocycles. The molecular formula is C18H24N4O3. The van der Waals surface area contributed by atoms with E-state index >= 15 is 0 Å². The Morgan fingerprint density at radius 1 is 1.40 bits per heavy atom. The summed E-state index contributed by atoms with van der Waals surface area (Å²) in [5.74, 6) is 1.84. The molecular weight excluding hydrogens is 320 g/mol. The third-order valence-corrected chi connectivity index (χ3v) is 4.74. The lowest BCUT2D eigenvalue weighted by atomic mass is 9.98. The van der Waals surface area contributed by atoms with E-state index in [2.05, 4.69) is 10.1 Å². The average Bonchev–Trinajstić information content (AvgIpc) is 3.11. The number of rotatable bonds is 5. The summed E-state index contributed by atoms with van der Waals surface area (Å²) < 4.78 is 10.4. The summed E-state index contributed by atoms with van der Waals surface area (Å²) in [5, 5.41) is 3.99. The van der Waals surface area contributed by atoms with E-state index in [-0.39, 0.29) is 18.0 Å². The molecule has 2 heterocycles. The minimum absolute atomic E-state index is 0.0581. The van der Waals surface area contributed by atoms with Gasteiger partial charge in [0.25, 0.3) is 0 Å². The topological polar surface area (TPSA) is 94.5 Å². The number of hydrogen-bond donors (Lipinski definition) is 1. The smallest absolute Gasteiger partial charge is 0.227 e. The van der Waals surface area contributed by atoms with Crippen LogP contribution >= 0.6 is 0 Å². The predicted molar refractivity (Wildman–Crippen MR) is 93.0 cm³/mol. The third-order valence-electron chi connectivity index (χ3n) is 4.74. The minimum Gasteiger partial charge on any atom is -0.497 e. The number of benzene rings is 1. The van der Waals surface area contributed by atoms with Gasteiger partial charge >= 0.3 is 0 Å². The van der Waals surface area contributed by atoms with Crippen molar-refractivity contribution in [1.29, 1.82) is 0 Å². The predicted octanol–water partition coefficient (Wildman–Crippen LogP) is 2.02. The molecule has 2 N–H and O–H groups in total. The molecule has 2 atom stereocenters. The molecule has 0 unspecified atom stereocenters. The van der Waals surface area contributed by atoms with Crippen LogP contribution in [-0.4, -0.2) is 46.7 Å². The van der Waals surface area contributed by atoms with Crippen LogP contribution in [0.3, 0.4) is 0 Å². The fourth-order valence-electron chi connectivity index (χ4n) is 3.10. The molecule has 2 aromatic rings. The van der Waals surface area contributed by atoms with E-state index in [0.717, 1.165) is 30.7 Å². The lowest BCUT2D eigenvalue weighted by Crippen LogP contribution is -2.52. The average molecular weight is 344 g/mol. The van der Waals surface area contributed by atoms with Gasteiger partial charge in [-0.2, -0.15) is 4.98 Å². The van der Waals surface area contributed by atoms with Crippen LogP contribution in [0.1, 0.15) is 32.1 Å². The molecule has 1 saturated heterocycles. The Kier molecular flexibility index (Phi) is 5.33. The van der Waals surface area contributed by atoms with Crippen LogP contribution in [0.25, 0.3) is 11.4 Å². The second-order valence-corrected chi connectivity index (χ2v) is 6.37. The molecule has 1 amide bonds. The van der Waals surface area contributed by atoms with Crippen molar-refractivity contribution in [1.82, 2.24) is 15.0 Å². The van der Waals surface area contributed by atoms with Gasteiger partial charge in [0.1, 0.15) is 5.75 Å². The molecule has 1 fully saturated rings. The molecule has 0 bridgehead atoms. The zero-order valence-corrected chi connectivity index (χ0v) is 14.6.